The highest BCUT2D eigenvalue weighted by Crippen LogP contribution is 2.46. The highest BCUT2D eigenvalue weighted by atomic mass is 16.6. The predicted molar refractivity (Wildman–Crippen MR) is 124 cm³/mol. The van der Waals surface area contributed by atoms with Gasteiger partial charge in [-0.2, -0.15) is 0 Å². The van der Waals surface area contributed by atoms with Gasteiger partial charge in [-0.3, -0.25) is 9.59 Å². The van der Waals surface area contributed by atoms with Gasteiger partial charge in [0.05, 0.1) is 19.3 Å². The average molecular weight is 479 g/mol. The third-order valence-electron chi connectivity index (χ3n) is 6.77. The van der Waals surface area contributed by atoms with Crippen LogP contribution in [-0.4, -0.2) is 67.1 Å². The number of hydrogen-bond acceptors (Lipinski definition) is 6. The number of amides is 5. The van der Waals surface area contributed by atoms with Gasteiger partial charge >= 0.3 is 12.1 Å². The minimum atomic E-state index is -1.44. The van der Waals surface area contributed by atoms with Crippen molar-refractivity contribution in [3.8, 4) is 0 Å². The molecule has 1 aliphatic carbocycles. The summed E-state index contributed by atoms with van der Waals surface area (Å²) in [5.41, 5.74) is 1.45. The molecule has 10 heteroatoms. The molecule has 2 aromatic rings. The molecule has 5 rings (SSSR count). The summed E-state index contributed by atoms with van der Waals surface area (Å²) in [6, 6.07) is 14.0. The molecule has 2 heterocycles. The number of benzene rings is 2. The quantitative estimate of drug-likeness (QED) is 0.696. The fourth-order valence-electron chi connectivity index (χ4n) is 5.00. The third-order valence-corrected chi connectivity index (χ3v) is 6.77. The second-order valence-corrected chi connectivity index (χ2v) is 8.75. The molecule has 5 amide bonds. The van der Waals surface area contributed by atoms with Crippen LogP contribution >= 0.6 is 0 Å². The van der Waals surface area contributed by atoms with Crippen molar-refractivity contribution in [3.63, 3.8) is 0 Å². The molecule has 2 N–H and O–H groups in total. The zero-order chi connectivity index (χ0) is 24.6. The van der Waals surface area contributed by atoms with E-state index in [4.69, 9.17) is 9.47 Å². The first kappa shape index (κ1) is 22.9. The third kappa shape index (κ3) is 3.99. The summed E-state index contributed by atoms with van der Waals surface area (Å²) in [4.78, 5) is 53.7. The second kappa shape index (κ2) is 9.03. The normalized spacial score (nSPS) is 23.3. The molecule has 3 aliphatic rings. The Kier molecular flexibility index (Phi) is 5.89. The van der Waals surface area contributed by atoms with Crippen LogP contribution in [0.4, 0.5) is 15.3 Å². The van der Waals surface area contributed by atoms with E-state index in [2.05, 4.69) is 10.6 Å². The van der Waals surface area contributed by atoms with Crippen molar-refractivity contribution in [1.82, 2.24) is 15.1 Å². The van der Waals surface area contributed by atoms with Gasteiger partial charge in [0.15, 0.2) is 0 Å². The molecule has 0 saturated carbocycles. The molecule has 10 nitrogen and oxygen atoms in total. The Morgan fingerprint density at radius 1 is 1.14 bits per heavy atom. The first-order valence-corrected chi connectivity index (χ1v) is 11.5. The monoisotopic (exact) mass is 478 g/mol. The summed E-state index contributed by atoms with van der Waals surface area (Å²) >= 11 is 0. The van der Waals surface area contributed by atoms with Gasteiger partial charge < -0.3 is 25.0 Å². The second-order valence-electron chi connectivity index (χ2n) is 8.75. The van der Waals surface area contributed by atoms with Crippen molar-refractivity contribution in [2.24, 2.45) is 0 Å². The highest BCUT2D eigenvalue weighted by Gasteiger charge is 2.58. The lowest BCUT2D eigenvalue weighted by atomic mass is 9.94. The van der Waals surface area contributed by atoms with E-state index in [1.54, 1.807) is 23.1 Å². The molecule has 0 unspecified atom stereocenters. The van der Waals surface area contributed by atoms with E-state index in [0.717, 1.165) is 16.0 Å². The van der Waals surface area contributed by atoms with Crippen molar-refractivity contribution < 1.29 is 28.7 Å². The molecule has 1 spiro atoms. The van der Waals surface area contributed by atoms with Crippen LogP contribution in [-0.2, 0) is 31.1 Å². The van der Waals surface area contributed by atoms with Crippen molar-refractivity contribution in [2.75, 3.05) is 38.7 Å². The molecule has 2 saturated heterocycles. The van der Waals surface area contributed by atoms with Crippen molar-refractivity contribution in [1.29, 1.82) is 0 Å². The van der Waals surface area contributed by atoms with Crippen LogP contribution in [0.3, 0.4) is 0 Å². The van der Waals surface area contributed by atoms with Crippen molar-refractivity contribution >= 4 is 29.6 Å². The number of nitrogens with one attached hydrogen (secondary N) is 2. The number of urea groups is 1. The van der Waals surface area contributed by atoms with E-state index >= 15 is 0 Å². The number of hydrogen-bond donors (Lipinski definition) is 2. The molecule has 0 radical (unpaired) electrons. The maximum Gasteiger partial charge on any atom is 0.418 e. The van der Waals surface area contributed by atoms with Gasteiger partial charge in [0, 0.05) is 31.3 Å². The van der Waals surface area contributed by atoms with Crippen LogP contribution in [0.5, 0.6) is 0 Å². The van der Waals surface area contributed by atoms with Crippen LogP contribution < -0.4 is 10.6 Å². The fraction of sp³-hybridized carbons (Fsp3) is 0.360. The molecular weight excluding hydrogens is 452 g/mol. The van der Waals surface area contributed by atoms with Gasteiger partial charge in [-0.05, 0) is 29.7 Å². The van der Waals surface area contributed by atoms with Crippen LogP contribution in [0.2, 0.25) is 0 Å². The number of aryl methyl sites for hydroxylation is 1. The number of morpholine rings is 1. The molecule has 0 bridgehead atoms. The lowest BCUT2D eigenvalue weighted by Crippen LogP contribution is -2.49. The van der Waals surface area contributed by atoms with Crippen LogP contribution in [0.25, 0.3) is 0 Å². The zero-order valence-electron chi connectivity index (χ0n) is 19.3. The van der Waals surface area contributed by atoms with Crippen LogP contribution in [0.15, 0.2) is 48.5 Å². The Morgan fingerprint density at radius 3 is 2.71 bits per heavy atom. The van der Waals surface area contributed by atoms with Gasteiger partial charge in [0.25, 0.3) is 5.91 Å². The standard InChI is InChI=1S/C25H26N4O6/c1-26-23(32)27-18-7-8-19-17(13-18)9-10-25(19)22(31)29(24(33)35-25)14-21(30)28-11-12-34-15-20(28)16-5-3-2-4-6-16/h2-8,13,20H,9-12,14-15H2,1H3,(H2,26,27,32)/t20-,25-/m1/s1. The Hall–Kier alpha value is -3.92. The molecule has 182 valence electrons. The summed E-state index contributed by atoms with van der Waals surface area (Å²) in [6.07, 6.45) is -0.0438. The summed E-state index contributed by atoms with van der Waals surface area (Å²) < 4.78 is 11.2. The SMILES string of the molecule is CNC(=O)Nc1ccc2c(c1)CC[C@@]21OC(=O)N(CC(=O)N2CCOC[C@@H]2c2ccccc2)C1=O. The van der Waals surface area contributed by atoms with Gasteiger partial charge in [0.2, 0.25) is 11.5 Å². The van der Waals surface area contributed by atoms with E-state index in [0.29, 0.717) is 37.4 Å². The molecule has 2 aliphatic heterocycles. The van der Waals surface area contributed by atoms with Crippen LogP contribution in [0, 0.1) is 0 Å². The first-order valence-electron chi connectivity index (χ1n) is 11.5. The highest BCUT2D eigenvalue weighted by molar-refractivity contribution is 6.06. The minimum Gasteiger partial charge on any atom is -0.427 e. The number of rotatable bonds is 4. The average Bonchev–Trinajstić information content (AvgIpc) is 3.36. The summed E-state index contributed by atoms with van der Waals surface area (Å²) in [5, 5.41) is 5.18. The number of ether oxygens (including phenoxy) is 2. The molecule has 2 aromatic carbocycles. The van der Waals surface area contributed by atoms with E-state index < -0.39 is 24.1 Å². The summed E-state index contributed by atoms with van der Waals surface area (Å²) in [5.74, 6) is -0.876. The van der Waals surface area contributed by atoms with E-state index in [-0.39, 0.29) is 24.4 Å². The van der Waals surface area contributed by atoms with Gasteiger partial charge in [-0.25, -0.2) is 14.5 Å². The van der Waals surface area contributed by atoms with Gasteiger partial charge in [0.1, 0.15) is 6.54 Å². The topological polar surface area (TPSA) is 117 Å². The molecule has 2 fully saturated rings. The Balaban J connectivity index is 1.34. The van der Waals surface area contributed by atoms with Gasteiger partial charge in [-0.15, -0.1) is 0 Å². The number of fused-ring (bicyclic) bond motifs is 2. The van der Waals surface area contributed by atoms with Gasteiger partial charge in [-0.1, -0.05) is 36.4 Å². The fourth-order valence-corrected chi connectivity index (χ4v) is 5.00. The van der Waals surface area contributed by atoms with Crippen molar-refractivity contribution in [2.45, 2.75) is 24.5 Å². The molecule has 0 aromatic heterocycles. The molecular formula is C25H26N4O6. The smallest absolute Gasteiger partial charge is 0.418 e. The lowest BCUT2D eigenvalue weighted by Gasteiger charge is -2.36. The maximum absolute atomic E-state index is 13.5. The molecule has 35 heavy (non-hydrogen) atoms. The number of carbonyl (C=O) groups excluding carboxylic acids is 4. The largest absolute Gasteiger partial charge is 0.427 e. The predicted octanol–water partition coefficient (Wildman–Crippen LogP) is 2.16. The summed E-state index contributed by atoms with van der Waals surface area (Å²) in [6.45, 7) is 0.702. The minimum absolute atomic E-state index is 0.283. The van der Waals surface area contributed by atoms with Crippen LogP contribution in [0.1, 0.15) is 29.2 Å². The van der Waals surface area contributed by atoms with E-state index in [1.165, 1.54) is 7.05 Å². The lowest BCUT2D eigenvalue weighted by molar-refractivity contribution is -0.146. The molecule has 2 atom stereocenters. The number of anilines is 1. The maximum atomic E-state index is 13.5. The number of carbonyl (C=O) groups is 4. The van der Waals surface area contributed by atoms with E-state index in [9.17, 15) is 19.2 Å². The number of nitrogens with zero attached hydrogens (tertiary/aromatic N) is 2. The van der Waals surface area contributed by atoms with Crippen molar-refractivity contribution in [3.05, 3.63) is 65.2 Å². The zero-order valence-corrected chi connectivity index (χ0v) is 19.3. The first-order chi connectivity index (χ1) is 16.9. The Morgan fingerprint density at radius 2 is 1.94 bits per heavy atom. The summed E-state index contributed by atoms with van der Waals surface area (Å²) in [7, 11) is 1.52. The Bertz CT molecular complexity index is 1190. The van der Waals surface area contributed by atoms with E-state index in [1.807, 2.05) is 30.3 Å². The Labute approximate surface area is 202 Å². The number of imide groups is 1.